The molecule has 5 nitrogen and oxygen atoms in total. The van der Waals surface area contributed by atoms with E-state index in [0.717, 1.165) is 19.3 Å². The maximum Gasteiger partial charge on any atom is 0.220 e. The molecule has 0 saturated heterocycles. The van der Waals surface area contributed by atoms with E-state index >= 15 is 0 Å². The summed E-state index contributed by atoms with van der Waals surface area (Å²) in [4.78, 5) is 27.6. The zero-order valence-electron chi connectivity index (χ0n) is 20.1. The van der Waals surface area contributed by atoms with Crippen molar-refractivity contribution < 1.29 is 9.59 Å². The third-order valence-corrected chi connectivity index (χ3v) is 3.77. The summed E-state index contributed by atoms with van der Waals surface area (Å²) in [7, 11) is 1.80. The van der Waals surface area contributed by atoms with Gasteiger partial charge in [-0.05, 0) is 31.9 Å². The van der Waals surface area contributed by atoms with Crippen LogP contribution >= 0.6 is 0 Å². The van der Waals surface area contributed by atoms with E-state index in [4.69, 9.17) is 5.73 Å². The lowest BCUT2D eigenvalue weighted by molar-refractivity contribution is -0.128. The zero-order valence-corrected chi connectivity index (χ0v) is 20.1. The molecule has 0 aromatic carbocycles. The van der Waals surface area contributed by atoms with Gasteiger partial charge in [0.05, 0.1) is 6.04 Å². The predicted molar refractivity (Wildman–Crippen MR) is 124 cm³/mol. The summed E-state index contributed by atoms with van der Waals surface area (Å²) in [6, 6.07) is -0.549. The largest absolute Gasteiger partial charge is 0.356 e. The van der Waals surface area contributed by atoms with Gasteiger partial charge in [-0.1, -0.05) is 74.1 Å². The summed E-state index contributed by atoms with van der Waals surface area (Å²) >= 11 is 0. The van der Waals surface area contributed by atoms with Crippen molar-refractivity contribution in [3.05, 3.63) is 0 Å². The summed E-state index contributed by atoms with van der Waals surface area (Å²) in [5.41, 5.74) is 5.41. The van der Waals surface area contributed by atoms with Crippen LogP contribution in [0, 0.1) is 5.41 Å². The van der Waals surface area contributed by atoms with Gasteiger partial charge in [0.1, 0.15) is 0 Å². The molecule has 0 bridgehead atoms. The summed E-state index contributed by atoms with van der Waals surface area (Å²) in [6.07, 6.45) is 10.7. The molecular formula is C23H49N3O2. The molecule has 3 N–H and O–H groups in total. The van der Waals surface area contributed by atoms with Gasteiger partial charge in [0.2, 0.25) is 5.91 Å². The minimum Gasteiger partial charge on any atom is -0.356 e. The third kappa shape index (κ3) is 22.8. The molecule has 28 heavy (non-hydrogen) atoms. The molecule has 0 aromatic rings. The van der Waals surface area contributed by atoms with Crippen molar-refractivity contribution in [1.82, 2.24) is 5.32 Å². The van der Waals surface area contributed by atoms with Crippen molar-refractivity contribution in [2.24, 2.45) is 16.1 Å². The lowest BCUT2D eigenvalue weighted by atomic mass is 9.85. The Morgan fingerprint density at radius 1 is 1.04 bits per heavy atom. The maximum absolute atomic E-state index is 11.9. The van der Waals surface area contributed by atoms with Gasteiger partial charge >= 0.3 is 0 Å². The van der Waals surface area contributed by atoms with E-state index < -0.39 is 11.5 Å². The first-order chi connectivity index (χ1) is 13.2. The van der Waals surface area contributed by atoms with Crippen LogP contribution in [0.5, 0.6) is 0 Å². The Kier molecular flexibility index (Phi) is 24.8. The van der Waals surface area contributed by atoms with Crippen LogP contribution < -0.4 is 11.1 Å². The number of Topliss-reactive ketones (excluding diaryl/α,β-unsaturated/α-hetero) is 1. The molecule has 0 saturated carbocycles. The third-order valence-electron chi connectivity index (χ3n) is 3.77. The molecule has 0 fully saturated rings. The van der Waals surface area contributed by atoms with Gasteiger partial charge in [-0.15, -0.1) is 0 Å². The Hall–Kier alpha value is -1.23. The lowest BCUT2D eigenvalue weighted by Gasteiger charge is -2.21. The van der Waals surface area contributed by atoms with Crippen molar-refractivity contribution in [2.75, 3.05) is 13.6 Å². The fourth-order valence-corrected chi connectivity index (χ4v) is 2.31. The number of amides is 1. The normalized spacial score (nSPS) is 11.8. The second-order valence-electron chi connectivity index (χ2n) is 7.81. The highest BCUT2D eigenvalue weighted by atomic mass is 16.1. The fraction of sp³-hybridized carbons (Fsp3) is 0.870. The molecule has 168 valence electrons. The fourth-order valence-electron chi connectivity index (χ4n) is 2.31. The van der Waals surface area contributed by atoms with E-state index in [1.54, 1.807) is 7.05 Å². The van der Waals surface area contributed by atoms with E-state index in [-0.39, 0.29) is 11.7 Å². The molecule has 1 atom stereocenters. The highest BCUT2D eigenvalue weighted by Crippen LogP contribution is 2.17. The van der Waals surface area contributed by atoms with Gasteiger partial charge < -0.3 is 16.0 Å². The van der Waals surface area contributed by atoms with Gasteiger partial charge in [-0.25, -0.2) is 0 Å². The second-order valence-corrected chi connectivity index (χ2v) is 7.81. The molecule has 0 aliphatic rings. The van der Waals surface area contributed by atoms with E-state index in [1.165, 1.54) is 25.7 Å². The Labute approximate surface area is 175 Å². The molecular weight excluding hydrogens is 350 g/mol. The van der Waals surface area contributed by atoms with Crippen molar-refractivity contribution >= 4 is 17.9 Å². The van der Waals surface area contributed by atoms with Crippen LogP contribution in [0.4, 0.5) is 0 Å². The van der Waals surface area contributed by atoms with E-state index in [1.807, 2.05) is 40.8 Å². The smallest absolute Gasteiger partial charge is 0.220 e. The number of aliphatic imine (C=N–C) groups is 1. The highest BCUT2D eigenvalue weighted by Gasteiger charge is 2.27. The first-order valence-electron chi connectivity index (χ1n) is 11.2. The molecule has 0 rings (SSSR count). The summed E-state index contributed by atoms with van der Waals surface area (Å²) in [5, 5.41) is 2.90. The minimum absolute atomic E-state index is 0.0124. The number of ketones is 1. The quantitative estimate of drug-likeness (QED) is 0.344. The minimum atomic E-state index is -0.549. The topological polar surface area (TPSA) is 84.6 Å². The summed E-state index contributed by atoms with van der Waals surface area (Å²) < 4.78 is 0. The van der Waals surface area contributed by atoms with Crippen molar-refractivity contribution in [3.63, 3.8) is 0 Å². The van der Waals surface area contributed by atoms with Gasteiger partial charge in [0, 0.05) is 25.4 Å². The molecule has 1 amide bonds. The lowest BCUT2D eigenvalue weighted by Crippen LogP contribution is -2.39. The molecule has 1 unspecified atom stereocenters. The maximum atomic E-state index is 11.9. The summed E-state index contributed by atoms with van der Waals surface area (Å²) in [5.74, 6) is -0.000246. The number of rotatable bonds is 12. The second kappa shape index (κ2) is 22.1. The van der Waals surface area contributed by atoms with Gasteiger partial charge in [0.25, 0.3) is 0 Å². The molecule has 0 heterocycles. The van der Waals surface area contributed by atoms with Crippen LogP contribution in [0.15, 0.2) is 4.99 Å². The number of hydrogen-bond donors (Lipinski definition) is 2. The molecule has 0 spiro atoms. The van der Waals surface area contributed by atoms with E-state index in [9.17, 15) is 9.59 Å². The van der Waals surface area contributed by atoms with E-state index in [0.29, 0.717) is 19.4 Å². The highest BCUT2D eigenvalue weighted by molar-refractivity contribution is 5.89. The van der Waals surface area contributed by atoms with Crippen molar-refractivity contribution in [2.45, 2.75) is 112 Å². The van der Waals surface area contributed by atoms with Gasteiger partial charge in [-0.3, -0.25) is 9.59 Å². The number of nitrogens with one attached hydrogen (secondary N) is 1. The Morgan fingerprint density at radius 3 is 2.04 bits per heavy atom. The summed E-state index contributed by atoms with van der Waals surface area (Å²) in [6.45, 7) is 14.5. The van der Waals surface area contributed by atoms with Crippen LogP contribution in [0.25, 0.3) is 0 Å². The Morgan fingerprint density at radius 2 is 1.54 bits per heavy atom. The van der Waals surface area contributed by atoms with E-state index in [2.05, 4.69) is 24.2 Å². The average molecular weight is 400 g/mol. The van der Waals surface area contributed by atoms with Crippen molar-refractivity contribution in [1.29, 1.82) is 0 Å². The van der Waals surface area contributed by atoms with Crippen LogP contribution in [0.3, 0.4) is 0 Å². The van der Waals surface area contributed by atoms with Crippen LogP contribution in [-0.2, 0) is 9.59 Å². The zero-order chi connectivity index (χ0) is 22.4. The number of nitrogens with two attached hydrogens (primary N) is 1. The molecule has 0 radical (unpaired) electrons. The van der Waals surface area contributed by atoms with Crippen LogP contribution in [0.1, 0.15) is 106 Å². The molecule has 0 aromatic heterocycles. The predicted octanol–water partition coefficient (Wildman–Crippen LogP) is 5.31. The molecule has 0 aliphatic heterocycles. The Bertz CT molecular complexity index is 388. The Balaban J connectivity index is -0.00000113. The van der Waals surface area contributed by atoms with Gasteiger partial charge in [0.15, 0.2) is 5.78 Å². The van der Waals surface area contributed by atoms with Gasteiger partial charge in [-0.2, -0.15) is 0 Å². The number of nitrogens with zero attached hydrogens (tertiary/aromatic N) is 1. The van der Waals surface area contributed by atoms with Crippen molar-refractivity contribution in [3.8, 4) is 0 Å². The number of carbonyl (C=O) groups excluding carboxylic acids is 2. The number of carbonyl (C=O) groups is 2. The molecule has 5 heteroatoms. The standard InChI is InChI=1S/C18H35N3O2.C3H8.C2H6/c1-18(2,3)17(23)15(19)11-12-16(22)21-14-10-8-6-5-7-9-13-20-4;1-3-2;1-2/h13,15H,5-12,14,19H2,1-4H3,(H,21,22);3H2,1-2H3;1-2H3. The number of unbranched alkanes of at least 4 members (excludes halogenated alkanes) is 5. The molecule has 0 aliphatic carbocycles. The number of hydrogen-bond acceptors (Lipinski definition) is 4. The monoisotopic (exact) mass is 399 g/mol. The SMILES string of the molecule is CC.CCC.CN=CCCCCCCCNC(=O)CCC(N)C(=O)C(C)(C)C. The average Bonchev–Trinajstić information content (AvgIpc) is 2.65. The first kappa shape index (κ1) is 31.5. The first-order valence-corrected chi connectivity index (χ1v) is 11.2. The van der Waals surface area contributed by atoms with Crippen LogP contribution in [-0.4, -0.2) is 37.5 Å². The van der Waals surface area contributed by atoms with Crippen LogP contribution in [0.2, 0.25) is 0 Å².